The zero-order valence-corrected chi connectivity index (χ0v) is 9.47. The normalized spacial score (nSPS) is 17.5. The van der Waals surface area contributed by atoms with Gasteiger partial charge in [0.05, 0.1) is 0 Å². The smallest absolute Gasteiger partial charge is 0.342 e. The molecule has 1 heterocycles. The van der Waals surface area contributed by atoms with Crippen LogP contribution in [0.5, 0.6) is 0 Å². The second-order valence-electron chi connectivity index (χ2n) is 4.45. The van der Waals surface area contributed by atoms with Gasteiger partial charge in [-0.15, -0.1) is 0 Å². The van der Waals surface area contributed by atoms with Gasteiger partial charge < -0.3 is 5.11 Å². The Kier molecular flexibility index (Phi) is 2.87. The minimum Gasteiger partial charge on any atom is -0.477 e. The van der Waals surface area contributed by atoms with Crippen LogP contribution in [0.25, 0.3) is 0 Å². The zero-order valence-electron chi connectivity index (χ0n) is 9.47. The monoisotopic (exact) mass is 238 g/mol. The topological polar surface area (TPSA) is 92.2 Å². The lowest BCUT2D eigenvalue weighted by Crippen LogP contribution is -2.37. The summed E-state index contributed by atoms with van der Waals surface area (Å²) in [7, 11) is 0. The number of H-pyrrole nitrogens is 1. The second-order valence-corrected chi connectivity index (χ2v) is 4.45. The first kappa shape index (κ1) is 11.6. The molecule has 0 radical (unpaired) electrons. The first-order chi connectivity index (χ1) is 8.00. The van der Waals surface area contributed by atoms with Gasteiger partial charge in [-0.3, -0.25) is 14.3 Å². The molecule has 1 fully saturated rings. The van der Waals surface area contributed by atoms with Gasteiger partial charge in [0.25, 0.3) is 5.56 Å². The second kappa shape index (κ2) is 4.20. The number of carboxylic acids is 1. The highest BCUT2D eigenvalue weighted by atomic mass is 16.4. The molecule has 0 aliphatic heterocycles. The fourth-order valence-corrected chi connectivity index (χ4v) is 2.09. The third-order valence-electron chi connectivity index (χ3n) is 3.47. The van der Waals surface area contributed by atoms with Gasteiger partial charge in [0.1, 0.15) is 5.56 Å². The number of aromatic carboxylic acids is 1. The maximum Gasteiger partial charge on any atom is 0.342 e. The van der Waals surface area contributed by atoms with E-state index in [1.165, 1.54) is 4.57 Å². The fraction of sp³-hybridized carbons (Fsp3) is 0.545. The van der Waals surface area contributed by atoms with Gasteiger partial charge in [0.15, 0.2) is 0 Å². The van der Waals surface area contributed by atoms with Gasteiger partial charge in [0.2, 0.25) is 0 Å². The molecule has 1 aromatic heterocycles. The van der Waals surface area contributed by atoms with Gasteiger partial charge in [-0.2, -0.15) is 0 Å². The first-order valence-corrected chi connectivity index (χ1v) is 5.59. The lowest BCUT2D eigenvalue weighted by molar-refractivity contribution is 0.0693. The molecule has 1 atom stereocenters. The third kappa shape index (κ3) is 2.02. The Bertz CT molecular complexity index is 553. The van der Waals surface area contributed by atoms with E-state index in [9.17, 15) is 14.4 Å². The summed E-state index contributed by atoms with van der Waals surface area (Å²) in [4.78, 5) is 35.7. The summed E-state index contributed by atoms with van der Waals surface area (Å²) in [6.07, 6.45) is 4.36. The highest BCUT2D eigenvalue weighted by Gasteiger charge is 2.26. The Morgan fingerprint density at radius 2 is 2.18 bits per heavy atom. The molecule has 0 aromatic carbocycles. The highest BCUT2D eigenvalue weighted by Crippen LogP contribution is 2.35. The van der Waals surface area contributed by atoms with E-state index in [4.69, 9.17) is 5.11 Å². The van der Waals surface area contributed by atoms with Crippen LogP contribution < -0.4 is 11.2 Å². The molecular formula is C11H14N2O4. The van der Waals surface area contributed by atoms with Gasteiger partial charge in [-0.05, 0) is 25.7 Å². The summed E-state index contributed by atoms with van der Waals surface area (Å²) in [5.74, 6) is -0.930. The van der Waals surface area contributed by atoms with E-state index in [0.29, 0.717) is 5.92 Å². The van der Waals surface area contributed by atoms with Gasteiger partial charge in [-0.25, -0.2) is 9.59 Å². The molecule has 6 heteroatoms. The van der Waals surface area contributed by atoms with Crippen molar-refractivity contribution < 1.29 is 9.90 Å². The van der Waals surface area contributed by atoms with Crippen LogP contribution in [0, 0.1) is 5.92 Å². The van der Waals surface area contributed by atoms with Crippen LogP contribution in [-0.2, 0) is 0 Å². The lowest BCUT2D eigenvalue weighted by atomic mass is 9.80. The number of carboxylic acid groups (broad SMARTS) is 1. The molecule has 1 unspecified atom stereocenters. The summed E-state index contributed by atoms with van der Waals surface area (Å²) in [6, 6.07) is -0.0776. The zero-order chi connectivity index (χ0) is 12.6. The van der Waals surface area contributed by atoms with Crippen molar-refractivity contribution in [1.82, 2.24) is 9.55 Å². The van der Waals surface area contributed by atoms with Crippen LogP contribution in [0.4, 0.5) is 0 Å². The molecule has 0 amide bonds. The Labute approximate surface area is 96.9 Å². The number of aromatic amines is 1. The van der Waals surface area contributed by atoms with E-state index in [1.54, 1.807) is 0 Å². The maximum absolute atomic E-state index is 11.6. The molecule has 0 saturated heterocycles. The fourth-order valence-electron chi connectivity index (χ4n) is 2.09. The molecule has 1 saturated carbocycles. The molecule has 2 rings (SSSR count). The summed E-state index contributed by atoms with van der Waals surface area (Å²) < 4.78 is 1.31. The number of hydrogen-bond donors (Lipinski definition) is 2. The predicted molar refractivity (Wildman–Crippen MR) is 60.3 cm³/mol. The number of hydrogen-bond acceptors (Lipinski definition) is 3. The highest BCUT2D eigenvalue weighted by molar-refractivity contribution is 5.86. The Balaban J connectivity index is 2.46. The van der Waals surface area contributed by atoms with E-state index >= 15 is 0 Å². The first-order valence-electron chi connectivity index (χ1n) is 5.59. The van der Waals surface area contributed by atoms with Crippen molar-refractivity contribution in [2.24, 2.45) is 5.92 Å². The van der Waals surface area contributed by atoms with Gasteiger partial charge in [0, 0.05) is 12.2 Å². The molecule has 0 spiro atoms. The van der Waals surface area contributed by atoms with Crippen LogP contribution in [0.3, 0.4) is 0 Å². The van der Waals surface area contributed by atoms with E-state index in [2.05, 4.69) is 0 Å². The molecule has 0 bridgehead atoms. The number of carbonyl (C=O) groups is 1. The van der Waals surface area contributed by atoms with Gasteiger partial charge in [-0.1, -0.05) is 6.42 Å². The van der Waals surface area contributed by atoms with E-state index in [0.717, 1.165) is 25.5 Å². The Morgan fingerprint density at radius 1 is 1.53 bits per heavy atom. The largest absolute Gasteiger partial charge is 0.477 e. The summed E-state index contributed by atoms with van der Waals surface area (Å²) >= 11 is 0. The molecule has 17 heavy (non-hydrogen) atoms. The van der Waals surface area contributed by atoms with Crippen LogP contribution >= 0.6 is 0 Å². The maximum atomic E-state index is 11.6. The SMILES string of the molecule is CC(C1CCC1)n1cc(C(=O)O)c(=O)[nH]c1=O. The minimum atomic E-state index is -1.32. The standard InChI is InChI=1S/C11H14N2O4/c1-6(7-3-2-4-7)13-5-8(10(15)16)9(14)12-11(13)17/h5-7H,2-4H2,1H3,(H,15,16)(H,12,14,17). The summed E-state index contributed by atoms with van der Waals surface area (Å²) in [5.41, 5.74) is -1.78. The summed E-state index contributed by atoms with van der Waals surface area (Å²) in [5, 5.41) is 8.84. The van der Waals surface area contributed by atoms with Crippen molar-refractivity contribution in [3.8, 4) is 0 Å². The van der Waals surface area contributed by atoms with Crippen molar-refractivity contribution in [3.63, 3.8) is 0 Å². The van der Waals surface area contributed by atoms with Gasteiger partial charge >= 0.3 is 11.7 Å². The Hall–Kier alpha value is -1.85. The quantitative estimate of drug-likeness (QED) is 0.806. The number of rotatable bonds is 3. The van der Waals surface area contributed by atoms with E-state index < -0.39 is 22.8 Å². The van der Waals surface area contributed by atoms with E-state index in [1.807, 2.05) is 11.9 Å². The van der Waals surface area contributed by atoms with Crippen LogP contribution in [0.15, 0.2) is 15.8 Å². The molecule has 6 nitrogen and oxygen atoms in total. The average molecular weight is 238 g/mol. The molecule has 1 aliphatic rings. The molecule has 1 aliphatic carbocycles. The Morgan fingerprint density at radius 3 is 2.65 bits per heavy atom. The number of nitrogens with one attached hydrogen (secondary N) is 1. The summed E-state index contributed by atoms with van der Waals surface area (Å²) in [6.45, 7) is 1.87. The van der Waals surface area contributed by atoms with Crippen molar-refractivity contribution >= 4 is 5.97 Å². The number of nitrogens with zero attached hydrogens (tertiary/aromatic N) is 1. The van der Waals surface area contributed by atoms with Crippen molar-refractivity contribution in [1.29, 1.82) is 0 Å². The van der Waals surface area contributed by atoms with Crippen molar-refractivity contribution in [2.75, 3.05) is 0 Å². The van der Waals surface area contributed by atoms with Crippen LogP contribution in [0.2, 0.25) is 0 Å². The molecular weight excluding hydrogens is 224 g/mol. The molecule has 92 valence electrons. The average Bonchev–Trinajstić information content (AvgIpc) is 2.13. The van der Waals surface area contributed by atoms with Crippen LogP contribution in [-0.4, -0.2) is 20.6 Å². The molecule has 2 N–H and O–H groups in total. The van der Waals surface area contributed by atoms with Crippen LogP contribution in [0.1, 0.15) is 42.6 Å². The predicted octanol–water partition coefficient (Wildman–Crippen LogP) is 0.596. The third-order valence-corrected chi connectivity index (χ3v) is 3.47. The van der Waals surface area contributed by atoms with E-state index in [-0.39, 0.29) is 6.04 Å². The lowest BCUT2D eigenvalue weighted by Gasteiger charge is -2.32. The molecule has 1 aromatic rings. The minimum absolute atomic E-state index is 0.0776. The number of aromatic nitrogens is 2. The van der Waals surface area contributed by atoms with Crippen molar-refractivity contribution in [3.05, 3.63) is 32.6 Å². The van der Waals surface area contributed by atoms with Crippen molar-refractivity contribution in [2.45, 2.75) is 32.2 Å².